The van der Waals surface area contributed by atoms with Crippen LogP contribution in [0.15, 0.2) is 36.2 Å². The molecule has 0 saturated heterocycles. The van der Waals surface area contributed by atoms with Crippen molar-refractivity contribution < 1.29 is 4.79 Å². The van der Waals surface area contributed by atoms with Crippen molar-refractivity contribution in [2.45, 2.75) is 106 Å². The van der Waals surface area contributed by atoms with E-state index >= 15 is 0 Å². The van der Waals surface area contributed by atoms with Crippen LogP contribution in [0, 0.1) is 70.0 Å². The van der Waals surface area contributed by atoms with E-state index in [0.29, 0.717) is 22.7 Å². The van der Waals surface area contributed by atoms with Crippen LogP contribution in [0.3, 0.4) is 0 Å². The molecule has 0 aromatic carbocycles. The maximum Gasteiger partial charge on any atom is 0.123 e. The highest BCUT2D eigenvalue weighted by atomic mass is 16.1. The Morgan fingerprint density at radius 1 is 0.946 bits per heavy atom. The fraction of sp³-hybridized carbons (Fsp3) is 0.800. The number of rotatable bonds is 7. The van der Waals surface area contributed by atoms with Crippen LogP contribution < -0.4 is 5.32 Å². The van der Waals surface area contributed by atoms with Crippen LogP contribution in [0.2, 0.25) is 0 Å². The van der Waals surface area contributed by atoms with Crippen LogP contribution in [0.25, 0.3) is 0 Å². The van der Waals surface area contributed by atoms with Gasteiger partial charge in [-0.2, -0.15) is 0 Å². The van der Waals surface area contributed by atoms with Crippen LogP contribution in [0.5, 0.6) is 0 Å². The molecule has 2 nitrogen and oxygen atoms in total. The highest BCUT2D eigenvalue weighted by molar-refractivity contribution is 5.56. The van der Waals surface area contributed by atoms with Crippen LogP contribution >= 0.6 is 0 Å². The number of fused-ring (bicyclic) bond motifs is 5. The van der Waals surface area contributed by atoms with Crippen molar-refractivity contribution in [1.82, 2.24) is 5.32 Å². The zero-order chi connectivity index (χ0) is 26.4. The monoisotopic (exact) mass is 505 g/mol. The summed E-state index contributed by atoms with van der Waals surface area (Å²) in [6.07, 6.45) is 25.5. The number of nitrogens with one attached hydrogen (secondary N) is 1. The first-order chi connectivity index (χ1) is 17.7. The molecule has 0 radical (unpaired) electrons. The molecular weight excluding hydrogens is 450 g/mol. The molecular formula is C35H55NO. The number of aldehydes is 1. The summed E-state index contributed by atoms with van der Waals surface area (Å²) in [5, 5.41) is 3.60. The zero-order valence-electron chi connectivity index (χ0n) is 24.7. The van der Waals surface area contributed by atoms with Gasteiger partial charge in [0.05, 0.1) is 0 Å². The molecule has 0 aromatic rings. The minimum atomic E-state index is 0.150. The summed E-state index contributed by atoms with van der Waals surface area (Å²) in [6, 6.07) is 0. The van der Waals surface area contributed by atoms with Crippen molar-refractivity contribution in [3.05, 3.63) is 36.2 Å². The van der Waals surface area contributed by atoms with Crippen LogP contribution in [0.4, 0.5) is 0 Å². The number of hydrogen-bond donors (Lipinski definition) is 1. The van der Waals surface area contributed by atoms with Crippen molar-refractivity contribution in [1.29, 1.82) is 0 Å². The minimum absolute atomic E-state index is 0.150. The molecule has 206 valence electrons. The lowest BCUT2D eigenvalue weighted by atomic mass is 9.40. The molecule has 5 aliphatic rings. The smallest absolute Gasteiger partial charge is 0.123 e. The second-order valence-corrected chi connectivity index (χ2v) is 15.0. The van der Waals surface area contributed by atoms with Gasteiger partial charge < -0.3 is 10.1 Å². The van der Waals surface area contributed by atoms with E-state index in [1.807, 2.05) is 0 Å². The molecule has 1 aliphatic heterocycles. The Labute approximate surface area is 228 Å². The van der Waals surface area contributed by atoms with E-state index in [4.69, 9.17) is 0 Å². The lowest BCUT2D eigenvalue weighted by molar-refractivity contribution is -0.158. The Kier molecular flexibility index (Phi) is 7.88. The third-order valence-corrected chi connectivity index (χ3v) is 12.8. The van der Waals surface area contributed by atoms with Gasteiger partial charge in [0.1, 0.15) is 6.29 Å². The molecule has 0 spiro atoms. The highest BCUT2D eigenvalue weighted by Gasteiger charge is 2.63. The van der Waals surface area contributed by atoms with E-state index in [0.717, 1.165) is 47.8 Å². The molecule has 4 fully saturated rings. The molecule has 2 heteroatoms. The van der Waals surface area contributed by atoms with Crippen molar-refractivity contribution in [2.75, 3.05) is 0 Å². The fourth-order valence-corrected chi connectivity index (χ4v) is 11.0. The average molecular weight is 506 g/mol. The normalized spacial score (nSPS) is 45.8. The summed E-state index contributed by atoms with van der Waals surface area (Å²) in [5.41, 5.74) is 2.17. The zero-order valence-corrected chi connectivity index (χ0v) is 24.7. The second-order valence-electron chi connectivity index (χ2n) is 15.0. The predicted octanol–water partition coefficient (Wildman–Crippen LogP) is 8.95. The quantitative estimate of drug-likeness (QED) is 0.350. The largest absolute Gasteiger partial charge is 0.365 e. The third-order valence-electron chi connectivity index (χ3n) is 12.8. The third kappa shape index (κ3) is 4.71. The van der Waals surface area contributed by atoms with Gasteiger partial charge in [0.25, 0.3) is 0 Å². The maximum atomic E-state index is 12.4. The first-order valence-corrected chi connectivity index (χ1v) is 16.0. The van der Waals surface area contributed by atoms with Crippen LogP contribution in [-0.4, -0.2) is 6.29 Å². The summed E-state index contributed by atoms with van der Waals surface area (Å²) in [6.45, 7) is 15.3. The molecule has 37 heavy (non-hydrogen) atoms. The van der Waals surface area contributed by atoms with Gasteiger partial charge in [0, 0.05) is 23.7 Å². The van der Waals surface area contributed by atoms with Gasteiger partial charge in [-0.1, -0.05) is 73.0 Å². The van der Waals surface area contributed by atoms with Crippen molar-refractivity contribution in [3.63, 3.8) is 0 Å². The van der Waals surface area contributed by atoms with Crippen LogP contribution in [-0.2, 0) is 4.79 Å². The Balaban J connectivity index is 1.39. The summed E-state index contributed by atoms with van der Waals surface area (Å²) >= 11 is 0. The maximum absolute atomic E-state index is 12.4. The first-order valence-electron chi connectivity index (χ1n) is 16.0. The van der Waals surface area contributed by atoms with Gasteiger partial charge in [-0.3, -0.25) is 0 Å². The molecule has 5 rings (SSSR count). The molecule has 4 aliphatic carbocycles. The van der Waals surface area contributed by atoms with E-state index in [-0.39, 0.29) is 5.92 Å². The van der Waals surface area contributed by atoms with Crippen molar-refractivity contribution >= 4 is 6.29 Å². The molecule has 11 atom stereocenters. The van der Waals surface area contributed by atoms with Gasteiger partial charge in [0.2, 0.25) is 0 Å². The van der Waals surface area contributed by atoms with E-state index in [2.05, 4.69) is 77.4 Å². The van der Waals surface area contributed by atoms with E-state index in [9.17, 15) is 4.79 Å². The van der Waals surface area contributed by atoms with Gasteiger partial charge in [-0.25, -0.2) is 0 Å². The summed E-state index contributed by atoms with van der Waals surface area (Å²) in [4.78, 5) is 12.4. The molecule has 0 amide bonds. The molecule has 4 unspecified atom stereocenters. The fourth-order valence-electron chi connectivity index (χ4n) is 11.0. The standard InChI is InChI=1S/C35H55NO/c1-23(2)11-10-12-24(3)27-14-15-28-32-25(4)21-30-33(31-13-8-7-9-20-36-31)26(22-37)16-18-35(30,6)29(32)17-19-34(27,28)5/h7-9,13,20,22-30,32-33,36H,10-12,14-19,21H2,1-6H3/t24-,25?,26?,27-,28+,29+,30?,32+,33?,34-,35-/m1/s1. The Morgan fingerprint density at radius 3 is 2.46 bits per heavy atom. The molecule has 4 saturated carbocycles. The second kappa shape index (κ2) is 10.7. The number of carbonyl (C=O) groups is 1. The van der Waals surface area contributed by atoms with Gasteiger partial charge >= 0.3 is 0 Å². The Bertz CT molecular complexity index is 914. The van der Waals surface area contributed by atoms with Gasteiger partial charge in [-0.15, -0.1) is 0 Å². The van der Waals surface area contributed by atoms with E-state index in [1.165, 1.54) is 69.8 Å². The average Bonchev–Trinajstić information content (AvgIpc) is 3.01. The van der Waals surface area contributed by atoms with Crippen molar-refractivity contribution in [3.8, 4) is 0 Å². The SMILES string of the molecule is CC(C)CCC[C@@H](C)[C@H]1CC[C@H]2[C@@H]3C(C)CC4C(C5=CC=CC=CN5)C(C=O)CC[C@]4(C)[C@H]3CC[C@]12C. The van der Waals surface area contributed by atoms with E-state index < -0.39 is 0 Å². The topological polar surface area (TPSA) is 29.1 Å². The summed E-state index contributed by atoms with van der Waals surface area (Å²) in [7, 11) is 0. The number of allylic oxidation sites excluding steroid dienone is 5. The van der Waals surface area contributed by atoms with Crippen molar-refractivity contribution in [2.24, 2.45) is 70.0 Å². The lowest BCUT2D eigenvalue weighted by Gasteiger charge is -2.64. The highest BCUT2D eigenvalue weighted by Crippen LogP contribution is 2.70. The van der Waals surface area contributed by atoms with Gasteiger partial charge in [-0.05, 0) is 115 Å². The van der Waals surface area contributed by atoms with E-state index in [1.54, 1.807) is 0 Å². The Morgan fingerprint density at radius 2 is 1.70 bits per heavy atom. The van der Waals surface area contributed by atoms with Gasteiger partial charge in [0.15, 0.2) is 0 Å². The summed E-state index contributed by atoms with van der Waals surface area (Å²) in [5.74, 6) is 7.06. The summed E-state index contributed by atoms with van der Waals surface area (Å²) < 4.78 is 0. The molecule has 0 aromatic heterocycles. The number of hydrogen-bond acceptors (Lipinski definition) is 2. The lowest BCUT2D eigenvalue weighted by Crippen LogP contribution is -2.59. The molecule has 1 heterocycles. The number of carbonyl (C=O) groups excluding carboxylic acids is 1. The Hall–Kier alpha value is -1.31. The minimum Gasteiger partial charge on any atom is -0.365 e. The molecule has 1 N–H and O–H groups in total. The molecule has 0 bridgehead atoms. The first kappa shape index (κ1) is 27.3. The van der Waals surface area contributed by atoms with Crippen LogP contribution in [0.1, 0.15) is 106 Å². The predicted molar refractivity (Wildman–Crippen MR) is 156 cm³/mol.